The van der Waals surface area contributed by atoms with E-state index < -0.39 is 18.8 Å². The van der Waals surface area contributed by atoms with Crippen molar-refractivity contribution in [1.82, 2.24) is 4.98 Å². The van der Waals surface area contributed by atoms with Crippen molar-refractivity contribution in [2.75, 3.05) is 13.7 Å². The van der Waals surface area contributed by atoms with Gasteiger partial charge in [0.1, 0.15) is 5.15 Å². The summed E-state index contributed by atoms with van der Waals surface area (Å²) in [6.07, 6.45) is -4.46. The molecule has 0 unspecified atom stereocenters. The summed E-state index contributed by atoms with van der Waals surface area (Å²) in [5.74, 6) is -1.05. The Morgan fingerprint density at radius 2 is 2.12 bits per heavy atom. The van der Waals surface area contributed by atoms with Crippen LogP contribution in [0, 0.1) is 0 Å². The number of esters is 1. The quantitative estimate of drug-likeness (QED) is 0.625. The Morgan fingerprint density at radius 1 is 1.47 bits per heavy atom. The fraction of sp³-hybridized carbons (Fsp3) is 0.333. The molecule has 0 aliphatic rings. The zero-order chi connectivity index (χ0) is 13.1. The molecule has 1 aromatic heterocycles. The lowest BCUT2D eigenvalue weighted by Gasteiger charge is -2.09. The second kappa shape index (κ2) is 5.22. The third-order valence-electron chi connectivity index (χ3n) is 1.61. The first-order chi connectivity index (χ1) is 7.83. The molecule has 1 heterocycles. The van der Waals surface area contributed by atoms with E-state index in [-0.39, 0.29) is 16.6 Å². The van der Waals surface area contributed by atoms with E-state index in [1.165, 1.54) is 6.07 Å². The topological polar surface area (TPSA) is 48.4 Å². The Bertz CT molecular complexity index is 422. The number of aromatic nitrogens is 1. The summed E-state index contributed by atoms with van der Waals surface area (Å²) >= 11 is 5.58. The zero-order valence-corrected chi connectivity index (χ0v) is 9.30. The zero-order valence-electron chi connectivity index (χ0n) is 8.55. The minimum absolute atomic E-state index is 0.0477. The van der Waals surface area contributed by atoms with Crippen molar-refractivity contribution in [2.24, 2.45) is 0 Å². The van der Waals surface area contributed by atoms with Gasteiger partial charge in [-0.1, -0.05) is 11.6 Å². The maximum Gasteiger partial charge on any atom is 0.422 e. The van der Waals surface area contributed by atoms with Crippen molar-refractivity contribution < 1.29 is 27.4 Å². The number of halogens is 4. The van der Waals surface area contributed by atoms with E-state index in [1.54, 1.807) is 0 Å². The SMILES string of the molecule is COC(=O)c1ccc(OCC(F)(F)F)nc1Cl. The first kappa shape index (κ1) is 13.6. The average Bonchev–Trinajstić information content (AvgIpc) is 2.24. The van der Waals surface area contributed by atoms with E-state index in [4.69, 9.17) is 11.6 Å². The average molecular weight is 270 g/mol. The molecule has 0 atom stereocenters. The van der Waals surface area contributed by atoms with Crippen LogP contribution in [0.5, 0.6) is 5.88 Å². The molecule has 0 saturated carbocycles. The van der Waals surface area contributed by atoms with Gasteiger partial charge in [-0.15, -0.1) is 0 Å². The van der Waals surface area contributed by atoms with Crippen LogP contribution in [-0.4, -0.2) is 30.8 Å². The number of alkyl halides is 3. The summed E-state index contributed by atoms with van der Waals surface area (Å²) in [4.78, 5) is 14.6. The highest BCUT2D eigenvalue weighted by atomic mass is 35.5. The van der Waals surface area contributed by atoms with E-state index in [9.17, 15) is 18.0 Å². The molecule has 0 bridgehead atoms. The number of hydrogen-bond donors (Lipinski definition) is 0. The summed E-state index contributed by atoms with van der Waals surface area (Å²) in [6.45, 7) is -1.48. The van der Waals surface area contributed by atoms with Crippen molar-refractivity contribution in [3.8, 4) is 5.88 Å². The number of pyridine rings is 1. The molecule has 0 amide bonds. The van der Waals surface area contributed by atoms with Gasteiger partial charge in [-0.3, -0.25) is 0 Å². The van der Waals surface area contributed by atoms with Crippen molar-refractivity contribution >= 4 is 17.6 Å². The molecule has 0 aromatic carbocycles. The molecule has 8 heteroatoms. The molecule has 4 nitrogen and oxygen atoms in total. The number of nitrogens with zero attached hydrogens (tertiary/aromatic N) is 1. The first-order valence-corrected chi connectivity index (χ1v) is 4.65. The standard InChI is InChI=1S/C9H7ClF3NO3/c1-16-8(15)5-2-3-6(14-7(5)10)17-4-9(11,12)13/h2-3H,4H2,1H3. The first-order valence-electron chi connectivity index (χ1n) is 4.28. The second-order valence-electron chi connectivity index (χ2n) is 2.88. The fourth-order valence-corrected chi connectivity index (χ4v) is 1.14. The molecule has 1 rings (SSSR count). The van der Waals surface area contributed by atoms with Gasteiger partial charge < -0.3 is 9.47 Å². The van der Waals surface area contributed by atoms with Crippen LogP contribution in [0.3, 0.4) is 0 Å². The van der Waals surface area contributed by atoms with Crippen molar-refractivity contribution in [1.29, 1.82) is 0 Å². The van der Waals surface area contributed by atoms with Crippen LogP contribution in [0.1, 0.15) is 10.4 Å². The molecule has 0 N–H and O–H groups in total. The Labute approximate surface area is 99.3 Å². The Balaban J connectivity index is 2.79. The number of ether oxygens (including phenoxy) is 2. The van der Waals surface area contributed by atoms with Crippen molar-refractivity contribution in [2.45, 2.75) is 6.18 Å². The summed E-state index contributed by atoms with van der Waals surface area (Å²) < 4.78 is 44.3. The number of methoxy groups -OCH3 is 1. The molecule has 0 aliphatic heterocycles. The highest BCUT2D eigenvalue weighted by Gasteiger charge is 2.28. The van der Waals surface area contributed by atoms with Crippen LogP contribution in [0.2, 0.25) is 5.15 Å². The van der Waals surface area contributed by atoms with Crippen molar-refractivity contribution in [3.05, 3.63) is 22.8 Å². The molecular formula is C9H7ClF3NO3. The Hall–Kier alpha value is -1.50. The third-order valence-corrected chi connectivity index (χ3v) is 1.90. The van der Waals surface area contributed by atoms with Crippen LogP contribution < -0.4 is 4.74 Å². The minimum atomic E-state index is -4.46. The van der Waals surface area contributed by atoms with Crippen LogP contribution in [0.25, 0.3) is 0 Å². The van der Waals surface area contributed by atoms with Gasteiger partial charge in [-0.25, -0.2) is 9.78 Å². The monoisotopic (exact) mass is 269 g/mol. The van der Waals surface area contributed by atoms with Gasteiger partial charge in [0.25, 0.3) is 0 Å². The Morgan fingerprint density at radius 3 is 2.59 bits per heavy atom. The Kier molecular flexibility index (Phi) is 4.17. The van der Waals surface area contributed by atoms with Crippen LogP contribution in [0.4, 0.5) is 13.2 Å². The predicted octanol–water partition coefficient (Wildman–Crippen LogP) is 2.46. The molecule has 0 fully saturated rings. The lowest BCUT2D eigenvalue weighted by molar-refractivity contribution is -0.154. The lowest BCUT2D eigenvalue weighted by Crippen LogP contribution is -2.19. The molecule has 94 valence electrons. The molecule has 0 radical (unpaired) electrons. The largest absolute Gasteiger partial charge is 0.468 e. The van der Waals surface area contributed by atoms with E-state index in [1.807, 2.05) is 0 Å². The molecule has 0 aliphatic carbocycles. The third kappa shape index (κ3) is 4.10. The highest BCUT2D eigenvalue weighted by Crippen LogP contribution is 2.21. The fourth-order valence-electron chi connectivity index (χ4n) is 0.916. The van der Waals surface area contributed by atoms with Crippen molar-refractivity contribution in [3.63, 3.8) is 0 Å². The normalized spacial score (nSPS) is 11.1. The van der Waals surface area contributed by atoms with E-state index in [0.717, 1.165) is 13.2 Å². The van der Waals surface area contributed by atoms with Gasteiger partial charge in [0.15, 0.2) is 6.61 Å². The smallest absolute Gasteiger partial charge is 0.422 e. The molecule has 17 heavy (non-hydrogen) atoms. The minimum Gasteiger partial charge on any atom is -0.468 e. The van der Waals surface area contributed by atoms with E-state index in [2.05, 4.69) is 14.5 Å². The van der Waals surface area contributed by atoms with Crippen LogP contribution in [0.15, 0.2) is 12.1 Å². The predicted molar refractivity (Wildman–Crippen MR) is 52.1 cm³/mol. The van der Waals surface area contributed by atoms with Gasteiger partial charge in [0.05, 0.1) is 12.7 Å². The maximum absolute atomic E-state index is 11.8. The van der Waals surface area contributed by atoms with Gasteiger partial charge in [-0.2, -0.15) is 13.2 Å². The maximum atomic E-state index is 11.8. The highest BCUT2D eigenvalue weighted by molar-refractivity contribution is 6.32. The van der Waals surface area contributed by atoms with Crippen LogP contribution >= 0.6 is 11.6 Å². The summed E-state index contributed by atoms with van der Waals surface area (Å²) in [6, 6.07) is 2.27. The number of carbonyl (C=O) groups is 1. The lowest BCUT2D eigenvalue weighted by atomic mass is 10.3. The summed E-state index contributed by atoms with van der Waals surface area (Å²) in [5.41, 5.74) is -0.0477. The van der Waals surface area contributed by atoms with Gasteiger partial charge in [0.2, 0.25) is 5.88 Å². The van der Waals surface area contributed by atoms with Crippen LogP contribution in [-0.2, 0) is 4.74 Å². The molecule has 0 saturated heterocycles. The van der Waals surface area contributed by atoms with Gasteiger partial charge >= 0.3 is 12.1 Å². The van der Waals surface area contributed by atoms with E-state index >= 15 is 0 Å². The second-order valence-corrected chi connectivity index (χ2v) is 3.24. The van der Waals surface area contributed by atoms with Gasteiger partial charge in [0, 0.05) is 6.07 Å². The molecule has 1 aromatic rings. The van der Waals surface area contributed by atoms with E-state index in [0.29, 0.717) is 0 Å². The summed E-state index contributed by atoms with van der Waals surface area (Å²) in [5, 5.41) is -0.281. The van der Waals surface area contributed by atoms with Gasteiger partial charge in [-0.05, 0) is 6.07 Å². The number of carbonyl (C=O) groups excluding carboxylic acids is 1. The summed E-state index contributed by atoms with van der Waals surface area (Å²) in [7, 11) is 1.15. The molecular weight excluding hydrogens is 263 g/mol. The number of rotatable bonds is 3. The number of hydrogen-bond acceptors (Lipinski definition) is 4. The molecule has 0 spiro atoms.